The van der Waals surface area contributed by atoms with Gasteiger partial charge in [0, 0.05) is 0 Å². The summed E-state index contributed by atoms with van der Waals surface area (Å²) in [6.07, 6.45) is 1.39. The van der Waals surface area contributed by atoms with Gasteiger partial charge in [-0.2, -0.15) is 0 Å². The highest BCUT2D eigenvalue weighted by Crippen LogP contribution is 2.06. The van der Waals surface area contributed by atoms with Crippen LogP contribution in [0.4, 0.5) is 0 Å². The number of nitrogens with zero attached hydrogens (tertiary/aromatic N) is 1. The number of hydrogen-bond acceptors (Lipinski definition) is 4. The van der Waals surface area contributed by atoms with Crippen LogP contribution in [0, 0.1) is 6.92 Å². The van der Waals surface area contributed by atoms with E-state index in [0.29, 0.717) is 5.76 Å². The van der Waals surface area contributed by atoms with Gasteiger partial charge in [-0.15, -0.1) is 0 Å². The highest BCUT2D eigenvalue weighted by molar-refractivity contribution is 5.94. The molecule has 0 aliphatic heterocycles. The van der Waals surface area contributed by atoms with Gasteiger partial charge >= 0.3 is 11.9 Å². The van der Waals surface area contributed by atoms with Crippen LogP contribution in [0.15, 0.2) is 10.6 Å². The standard InChI is InChI=1S/C9H12N2O4/c1-5-4-10-7(15-5)6(12)11-9(2,3)8(13)14/h4H,1-3H3,(H,11,12)(H,13,14). The maximum absolute atomic E-state index is 11.4. The Labute approximate surface area is 86.3 Å². The van der Waals surface area contributed by atoms with Gasteiger partial charge in [-0.05, 0) is 20.8 Å². The summed E-state index contributed by atoms with van der Waals surface area (Å²) in [6.45, 7) is 4.40. The van der Waals surface area contributed by atoms with Gasteiger partial charge in [0.2, 0.25) is 0 Å². The minimum atomic E-state index is -1.35. The second kappa shape index (κ2) is 3.72. The lowest BCUT2D eigenvalue weighted by molar-refractivity contribution is -0.143. The molecule has 0 atom stereocenters. The number of aliphatic carboxylic acids is 1. The molecule has 82 valence electrons. The second-order valence-electron chi connectivity index (χ2n) is 3.66. The molecule has 0 fully saturated rings. The lowest BCUT2D eigenvalue weighted by Gasteiger charge is -2.19. The maximum Gasteiger partial charge on any atom is 0.328 e. The van der Waals surface area contributed by atoms with E-state index in [1.807, 2.05) is 0 Å². The fraction of sp³-hybridized carbons (Fsp3) is 0.444. The molecule has 0 radical (unpaired) electrons. The number of hydrogen-bond donors (Lipinski definition) is 2. The van der Waals surface area contributed by atoms with E-state index in [1.54, 1.807) is 6.92 Å². The van der Waals surface area contributed by atoms with E-state index >= 15 is 0 Å². The Morgan fingerprint density at radius 1 is 1.53 bits per heavy atom. The van der Waals surface area contributed by atoms with Crippen molar-refractivity contribution in [3.05, 3.63) is 17.8 Å². The van der Waals surface area contributed by atoms with Crippen LogP contribution < -0.4 is 5.32 Å². The molecule has 6 heteroatoms. The van der Waals surface area contributed by atoms with E-state index in [2.05, 4.69) is 10.3 Å². The molecule has 0 saturated heterocycles. The Morgan fingerprint density at radius 3 is 2.53 bits per heavy atom. The Morgan fingerprint density at radius 2 is 2.13 bits per heavy atom. The van der Waals surface area contributed by atoms with Gasteiger partial charge < -0.3 is 14.8 Å². The van der Waals surface area contributed by atoms with E-state index in [0.717, 1.165) is 0 Å². The fourth-order valence-corrected chi connectivity index (χ4v) is 0.850. The van der Waals surface area contributed by atoms with Crippen molar-refractivity contribution in [2.24, 2.45) is 0 Å². The molecule has 2 N–H and O–H groups in total. The minimum Gasteiger partial charge on any atom is -0.480 e. The minimum absolute atomic E-state index is 0.137. The molecule has 6 nitrogen and oxygen atoms in total. The van der Waals surface area contributed by atoms with Crippen molar-refractivity contribution in [1.29, 1.82) is 0 Å². The van der Waals surface area contributed by atoms with Gasteiger partial charge in [-0.3, -0.25) is 4.79 Å². The number of oxazole rings is 1. The summed E-state index contributed by atoms with van der Waals surface area (Å²) in [5, 5.41) is 11.1. The average Bonchev–Trinajstić information content (AvgIpc) is 2.50. The molecular weight excluding hydrogens is 200 g/mol. The molecule has 1 heterocycles. The third-order valence-electron chi connectivity index (χ3n) is 1.78. The summed E-state index contributed by atoms with van der Waals surface area (Å²) in [6, 6.07) is 0. The number of aromatic nitrogens is 1. The van der Waals surface area contributed by atoms with Gasteiger partial charge in [-0.1, -0.05) is 0 Å². The summed E-state index contributed by atoms with van der Waals surface area (Å²) in [5.74, 6) is -1.41. The van der Waals surface area contributed by atoms with Gasteiger partial charge in [0.25, 0.3) is 5.89 Å². The molecule has 0 bridgehead atoms. The summed E-state index contributed by atoms with van der Waals surface area (Å²) in [5.41, 5.74) is -1.35. The van der Waals surface area contributed by atoms with Gasteiger partial charge in [0.1, 0.15) is 11.3 Å². The lowest BCUT2D eigenvalue weighted by atomic mass is 10.1. The molecule has 1 amide bonds. The molecule has 0 unspecified atom stereocenters. The first-order valence-electron chi connectivity index (χ1n) is 4.31. The maximum atomic E-state index is 11.4. The van der Waals surface area contributed by atoms with E-state index in [4.69, 9.17) is 9.52 Å². The van der Waals surface area contributed by atoms with Gasteiger partial charge in [-0.25, -0.2) is 9.78 Å². The molecule has 0 spiro atoms. The number of nitrogens with one attached hydrogen (secondary N) is 1. The fourth-order valence-electron chi connectivity index (χ4n) is 0.850. The molecule has 0 aromatic carbocycles. The number of carbonyl (C=O) groups is 2. The van der Waals surface area contributed by atoms with Crippen molar-refractivity contribution < 1.29 is 19.1 Å². The first-order valence-corrected chi connectivity index (χ1v) is 4.31. The van der Waals surface area contributed by atoms with Crippen molar-refractivity contribution in [2.45, 2.75) is 26.3 Å². The summed E-state index contributed by atoms with van der Waals surface area (Å²) < 4.78 is 4.95. The Hall–Kier alpha value is -1.85. The van der Waals surface area contributed by atoms with Crippen LogP contribution in [0.2, 0.25) is 0 Å². The third kappa shape index (κ3) is 2.55. The first kappa shape index (κ1) is 11.2. The van der Waals surface area contributed by atoms with Crippen molar-refractivity contribution in [3.63, 3.8) is 0 Å². The predicted molar refractivity (Wildman–Crippen MR) is 50.4 cm³/mol. The topological polar surface area (TPSA) is 92.4 Å². The SMILES string of the molecule is Cc1cnc(C(=O)NC(C)(C)C(=O)O)o1. The van der Waals surface area contributed by atoms with Crippen molar-refractivity contribution in [1.82, 2.24) is 10.3 Å². The molecule has 1 aromatic heterocycles. The predicted octanol–water partition coefficient (Wildman–Crippen LogP) is 0.576. The number of aryl methyl sites for hydroxylation is 1. The van der Waals surface area contributed by atoms with Crippen LogP contribution in [0.25, 0.3) is 0 Å². The number of rotatable bonds is 3. The third-order valence-corrected chi connectivity index (χ3v) is 1.78. The van der Waals surface area contributed by atoms with Gasteiger partial charge in [0.15, 0.2) is 0 Å². The summed E-state index contributed by atoms with van der Waals surface area (Å²) in [7, 11) is 0. The molecule has 1 aromatic rings. The number of amides is 1. The smallest absolute Gasteiger partial charge is 0.328 e. The van der Waals surface area contributed by atoms with Crippen LogP contribution in [0.5, 0.6) is 0 Å². The van der Waals surface area contributed by atoms with Gasteiger partial charge in [0.05, 0.1) is 6.20 Å². The van der Waals surface area contributed by atoms with Crippen LogP contribution in [-0.2, 0) is 4.79 Å². The van der Waals surface area contributed by atoms with Crippen LogP contribution in [-0.4, -0.2) is 27.5 Å². The lowest BCUT2D eigenvalue weighted by Crippen LogP contribution is -2.49. The monoisotopic (exact) mass is 212 g/mol. The van der Waals surface area contributed by atoms with Crippen LogP contribution in [0.3, 0.4) is 0 Å². The molecule has 0 aliphatic carbocycles. The Balaban J connectivity index is 2.76. The van der Waals surface area contributed by atoms with Crippen molar-refractivity contribution in [3.8, 4) is 0 Å². The largest absolute Gasteiger partial charge is 0.480 e. The zero-order valence-corrected chi connectivity index (χ0v) is 8.70. The van der Waals surface area contributed by atoms with Crippen molar-refractivity contribution >= 4 is 11.9 Å². The Bertz CT molecular complexity index is 395. The second-order valence-corrected chi connectivity index (χ2v) is 3.66. The van der Waals surface area contributed by atoms with Crippen molar-refractivity contribution in [2.75, 3.05) is 0 Å². The van der Waals surface area contributed by atoms with E-state index in [1.165, 1.54) is 20.0 Å². The quantitative estimate of drug-likeness (QED) is 0.764. The first-order chi connectivity index (χ1) is 6.83. The zero-order chi connectivity index (χ0) is 11.6. The highest BCUT2D eigenvalue weighted by Gasteiger charge is 2.30. The molecule has 0 saturated carbocycles. The zero-order valence-electron chi connectivity index (χ0n) is 8.70. The molecular formula is C9H12N2O4. The normalized spacial score (nSPS) is 11.1. The van der Waals surface area contributed by atoms with E-state index < -0.39 is 17.4 Å². The highest BCUT2D eigenvalue weighted by atomic mass is 16.4. The molecule has 0 aliphatic rings. The summed E-state index contributed by atoms with van der Waals surface area (Å²) in [4.78, 5) is 25.9. The van der Waals surface area contributed by atoms with Crippen LogP contribution >= 0.6 is 0 Å². The number of carboxylic acid groups (broad SMARTS) is 1. The summed E-state index contributed by atoms with van der Waals surface area (Å²) >= 11 is 0. The van der Waals surface area contributed by atoms with E-state index in [9.17, 15) is 9.59 Å². The van der Waals surface area contributed by atoms with E-state index in [-0.39, 0.29) is 5.89 Å². The number of carboxylic acids is 1. The molecule has 1 rings (SSSR count). The Kier molecular flexibility index (Phi) is 2.78. The van der Waals surface area contributed by atoms with Crippen LogP contribution in [0.1, 0.15) is 30.3 Å². The average molecular weight is 212 g/mol. The number of carbonyl (C=O) groups excluding carboxylic acids is 1. The molecule has 15 heavy (non-hydrogen) atoms.